The number of hydrogen-bond donors (Lipinski definition) is 1. The number of hydrogen-bond acceptors (Lipinski definition) is 3. The molecule has 4 nitrogen and oxygen atoms in total. The van der Waals surface area contributed by atoms with Gasteiger partial charge in [-0.05, 0) is 42.3 Å². The quantitative estimate of drug-likeness (QED) is 0.657. The largest absolute Gasteiger partial charge is 0.452 e. The lowest BCUT2D eigenvalue weighted by molar-refractivity contribution is -0.142. The monoisotopic (exact) mass is 347 g/mol. The molecule has 0 aromatic heterocycles. The SMILES string of the molecule is Cc1ccc(/C=C/C(=O)OCC(=O)Nc2ccccc2F)cc1Cl. The Labute approximate surface area is 143 Å². The van der Waals surface area contributed by atoms with Crippen molar-refractivity contribution in [3.8, 4) is 0 Å². The number of nitrogens with one attached hydrogen (secondary N) is 1. The fourth-order valence-corrected chi connectivity index (χ4v) is 2.00. The van der Waals surface area contributed by atoms with Crippen molar-refractivity contribution in [1.82, 2.24) is 0 Å². The van der Waals surface area contributed by atoms with Gasteiger partial charge in [0, 0.05) is 11.1 Å². The van der Waals surface area contributed by atoms with E-state index in [0.29, 0.717) is 5.02 Å². The maximum Gasteiger partial charge on any atom is 0.331 e. The highest BCUT2D eigenvalue weighted by atomic mass is 35.5. The van der Waals surface area contributed by atoms with Crippen LogP contribution >= 0.6 is 11.6 Å². The zero-order chi connectivity index (χ0) is 17.5. The molecule has 0 bridgehead atoms. The van der Waals surface area contributed by atoms with Gasteiger partial charge in [-0.2, -0.15) is 0 Å². The predicted molar refractivity (Wildman–Crippen MR) is 91.2 cm³/mol. The second-order valence-electron chi connectivity index (χ2n) is 4.98. The topological polar surface area (TPSA) is 55.4 Å². The fourth-order valence-electron chi connectivity index (χ4n) is 1.81. The minimum atomic E-state index is -0.685. The number of halogens is 2. The Morgan fingerprint density at radius 1 is 1.25 bits per heavy atom. The van der Waals surface area contributed by atoms with E-state index in [9.17, 15) is 14.0 Å². The van der Waals surface area contributed by atoms with E-state index in [2.05, 4.69) is 5.32 Å². The van der Waals surface area contributed by atoms with Gasteiger partial charge in [-0.25, -0.2) is 9.18 Å². The third kappa shape index (κ3) is 5.21. The summed E-state index contributed by atoms with van der Waals surface area (Å²) in [6.07, 6.45) is 2.72. The van der Waals surface area contributed by atoms with Gasteiger partial charge in [0.25, 0.3) is 5.91 Å². The molecule has 0 fully saturated rings. The van der Waals surface area contributed by atoms with Crippen molar-refractivity contribution in [2.45, 2.75) is 6.92 Å². The van der Waals surface area contributed by atoms with Gasteiger partial charge in [-0.1, -0.05) is 35.9 Å². The van der Waals surface area contributed by atoms with Gasteiger partial charge in [-0.15, -0.1) is 0 Å². The maximum atomic E-state index is 13.4. The van der Waals surface area contributed by atoms with E-state index in [4.69, 9.17) is 16.3 Å². The molecule has 124 valence electrons. The first-order valence-corrected chi connectivity index (χ1v) is 7.49. The summed E-state index contributed by atoms with van der Waals surface area (Å²) >= 11 is 5.99. The third-order valence-corrected chi connectivity index (χ3v) is 3.51. The van der Waals surface area contributed by atoms with Crippen LogP contribution in [0.3, 0.4) is 0 Å². The van der Waals surface area contributed by atoms with Gasteiger partial charge in [0.05, 0.1) is 5.69 Å². The first kappa shape index (κ1) is 17.7. The van der Waals surface area contributed by atoms with Gasteiger partial charge >= 0.3 is 5.97 Å². The second-order valence-corrected chi connectivity index (χ2v) is 5.38. The normalized spacial score (nSPS) is 10.6. The lowest BCUT2D eigenvalue weighted by Crippen LogP contribution is -2.20. The van der Waals surface area contributed by atoms with Crippen LogP contribution < -0.4 is 5.32 Å². The summed E-state index contributed by atoms with van der Waals surface area (Å²) in [5, 5.41) is 2.91. The highest BCUT2D eigenvalue weighted by Crippen LogP contribution is 2.17. The molecule has 0 saturated carbocycles. The van der Waals surface area contributed by atoms with Crippen LogP contribution in [-0.2, 0) is 14.3 Å². The van der Waals surface area contributed by atoms with Crippen LogP contribution in [0.5, 0.6) is 0 Å². The predicted octanol–water partition coefficient (Wildman–Crippen LogP) is 3.98. The molecule has 0 heterocycles. The van der Waals surface area contributed by atoms with E-state index in [1.54, 1.807) is 18.2 Å². The number of benzene rings is 2. The Kier molecular flexibility index (Phi) is 6.09. The Morgan fingerprint density at radius 3 is 2.71 bits per heavy atom. The summed E-state index contributed by atoms with van der Waals surface area (Å²) in [4.78, 5) is 23.2. The molecule has 2 rings (SSSR count). The van der Waals surface area contributed by atoms with Crippen LogP contribution in [0.2, 0.25) is 5.02 Å². The number of carbonyl (C=O) groups is 2. The first-order valence-electron chi connectivity index (χ1n) is 7.11. The third-order valence-electron chi connectivity index (χ3n) is 3.10. The number of aryl methyl sites for hydroxylation is 1. The Hall–Kier alpha value is -2.66. The molecule has 0 radical (unpaired) electrons. The molecule has 0 saturated heterocycles. The van der Waals surface area contributed by atoms with E-state index in [1.165, 1.54) is 30.4 Å². The number of para-hydroxylation sites is 1. The standard InChI is InChI=1S/C18H15ClFNO3/c1-12-6-7-13(10-14(12)19)8-9-18(23)24-11-17(22)21-16-5-3-2-4-15(16)20/h2-10H,11H2,1H3,(H,21,22)/b9-8+. The summed E-state index contributed by atoms with van der Waals surface area (Å²) in [7, 11) is 0. The van der Waals surface area contributed by atoms with Crippen molar-refractivity contribution >= 4 is 35.2 Å². The van der Waals surface area contributed by atoms with Crippen molar-refractivity contribution in [1.29, 1.82) is 0 Å². The minimum Gasteiger partial charge on any atom is -0.452 e. The molecule has 0 aliphatic carbocycles. The smallest absolute Gasteiger partial charge is 0.331 e. The van der Waals surface area contributed by atoms with Crippen LogP contribution in [0, 0.1) is 12.7 Å². The lowest BCUT2D eigenvalue weighted by atomic mass is 10.1. The van der Waals surface area contributed by atoms with E-state index in [0.717, 1.165) is 11.1 Å². The molecule has 1 N–H and O–H groups in total. The van der Waals surface area contributed by atoms with Crippen LogP contribution in [0.15, 0.2) is 48.5 Å². The fraction of sp³-hybridized carbons (Fsp3) is 0.111. The highest BCUT2D eigenvalue weighted by molar-refractivity contribution is 6.31. The van der Waals surface area contributed by atoms with E-state index in [1.807, 2.05) is 13.0 Å². The molecular formula is C18H15ClFNO3. The molecule has 2 aromatic rings. The van der Waals surface area contributed by atoms with Crippen molar-refractivity contribution in [3.05, 3.63) is 70.5 Å². The Balaban J connectivity index is 1.84. The molecular weight excluding hydrogens is 333 g/mol. The van der Waals surface area contributed by atoms with Crippen LogP contribution in [0.25, 0.3) is 6.08 Å². The second kappa shape index (κ2) is 8.26. The van der Waals surface area contributed by atoms with Crippen molar-refractivity contribution < 1.29 is 18.7 Å². The zero-order valence-corrected chi connectivity index (χ0v) is 13.6. The summed E-state index contributed by atoms with van der Waals surface area (Å²) in [5.74, 6) is -1.87. The molecule has 0 aliphatic rings. The van der Waals surface area contributed by atoms with Crippen molar-refractivity contribution in [2.24, 2.45) is 0 Å². The number of ether oxygens (including phenoxy) is 1. The zero-order valence-electron chi connectivity index (χ0n) is 12.9. The van der Waals surface area contributed by atoms with E-state index < -0.39 is 24.3 Å². The summed E-state index contributed by atoms with van der Waals surface area (Å²) < 4.78 is 18.2. The van der Waals surface area contributed by atoms with Gasteiger partial charge in [-0.3, -0.25) is 4.79 Å². The molecule has 0 spiro atoms. The van der Waals surface area contributed by atoms with Crippen LogP contribution in [0.4, 0.5) is 10.1 Å². The van der Waals surface area contributed by atoms with Crippen molar-refractivity contribution in [2.75, 3.05) is 11.9 Å². The maximum absolute atomic E-state index is 13.4. The lowest BCUT2D eigenvalue weighted by Gasteiger charge is -2.06. The van der Waals surface area contributed by atoms with Crippen LogP contribution in [-0.4, -0.2) is 18.5 Å². The van der Waals surface area contributed by atoms with Crippen molar-refractivity contribution in [3.63, 3.8) is 0 Å². The first-order chi connectivity index (χ1) is 11.5. The van der Waals surface area contributed by atoms with E-state index >= 15 is 0 Å². The number of amides is 1. The highest BCUT2D eigenvalue weighted by Gasteiger charge is 2.08. The Morgan fingerprint density at radius 2 is 2.00 bits per heavy atom. The number of anilines is 1. The van der Waals surface area contributed by atoms with E-state index in [-0.39, 0.29) is 5.69 Å². The number of carbonyl (C=O) groups excluding carboxylic acids is 2. The summed E-state index contributed by atoms with van der Waals surface area (Å²) in [5.41, 5.74) is 1.70. The molecule has 2 aromatic carbocycles. The Bertz CT molecular complexity index is 790. The number of rotatable bonds is 5. The van der Waals surface area contributed by atoms with Gasteiger partial charge in [0.2, 0.25) is 0 Å². The van der Waals surface area contributed by atoms with Gasteiger partial charge < -0.3 is 10.1 Å². The average Bonchev–Trinajstić information content (AvgIpc) is 2.56. The molecule has 0 atom stereocenters. The molecule has 0 aliphatic heterocycles. The summed E-state index contributed by atoms with van der Waals surface area (Å²) in [6.45, 7) is 1.37. The molecule has 6 heteroatoms. The van der Waals surface area contributed by atoms with Gasteiger partial charge in [0.15, 0.2) is 6.61 Å². The van der Waals surface area contributed by atoms with Crippen LogP contribution in [0.1, 0.15) is 11.1 Å². The average molecular weight is 348 g/mol. The molecule has 1 amide bonds. The van der Waals surface area contributed by atoms with Gasteiger partial charge in [0.1, 0.15) is 5.82 Å². The summed E-state index contributed by atoms with van der Waals surface area (Å²) in [6, 6.07) is 11.1. The number of esters is 1. The molecule has 0 unspecified atom stereocenters. The minimum absolute atomic E-state index is 0.0309. The molecule has 24 heavy (non-hydrogen) atoms.